The molecule has 1 aromatic heterocycles. The van der Waals surface area contributed by atoms with Gasteiger partial charge in [-0.1, -0.05) is 6.92 Å². The smallest absolute Gasteiger partial charge is 0.247 e. The van der Waals surface area contributed by atoms with Crippen LogP contribution in [0.25, 0.3) is 0 Å². The molecule has 7 heteroatoms. The SMILES string of the molecule is Cc1[nH]nc(CCl)c1S(=O)(=O)N1CCCC(C)C1C. The Morgan fingerprint density at radius 2 is 2.16 bits per heavy atom. The average Bonchev–Trinajstić information content (AvgIpc) is 2.74. The minimum Gasteiger partial charge on any atom is -0.281 e. The first-order valence-corrected chi connectivity index (χ1v) is 8.48. The molecule has 0 aliphatic carbocycles. The molecule has 0 radical (unpaired) electrons. The van der Waals surface area contributed by atoms with Crippen LogP contribution in [-0.4, -0.2) is 35.5 Å². The molecular weight excluding hydrogens is 286 g/mol. The first kappa shape index (κ1) is 14.8. The van der Waals surface area contributed by atoms with Crippen molar-refractivity contribution in [1.82, 2.24) is 14.5 Å². The largest absolute Gasteiger partial charge is 0.281 e. The number of nitrogens with one attached hydrogen (secondary N) is 1. The maximum Gasteiger partial charge on any atom is 0.247 e. The molecule has 2 heterocycles. The summed E-state index contributed by atoms with van der Waals surface area (Å²) in [7, 11) is -3.52. The Balaban J connectivity index is 2.44. The summed E-state index contributed by atoms with van der Waals surface area (Å²) in [5.74, 6) is 0.464. The quantitative estimate of drug-likeness (QED) is 0.871. The third-order valence-corrected chi connectivity index (χ3v) is 6.41. The van der Waals surface area contributed by atoms with Gasteiger partial charge in [0.2, 0.25) is 10.0 Å². The molecule has 5 nitrogen and oxygen atoms in total. The van der Waals surface area contributed by atoms with Crippen LogP contribution in [-0.2, 0) is 15.9 Å². The number of alkyl halides is 1. The average molecular weight is 306 g/mol. The Kier molecular flexibility index (Phi) is 4.23. The zero-order valence-electron chi connectivity index (χ0n) is 11.5. The lowest BCUT2D eigenvalue weighted by Crippen LogP contribution is -2.46. The highest BCUT2D eigenvalue weighted by Gasteiger charge is 2.37. The van der Waals surface area contributed by atoms with Crippen LogP contribution in [0.1, 0.15) is 38.1 Å². The van der Waals surface area contributed by atoms with Crippen LogP contribution in [0.15, 0.2) is 4.90 Å². The van der Waals surface area contributed by atoms with Gasteiger partial charge in [0.1, 0.15) is 4.90 Å². The second-order valence-electron chi connectivity index (χ2n) is 5.23. The normalized spacial score (nSPS) is 25.7. The molecule has 1 aromatic rings. The number of aromatic nitrogens is 2. The van der Waals surface area contributed by atoms with E-state index in [9.17, 15) is 8.42 Å². The molecule has 1 aliphatic heterocycles. The molecule has 1 saturated heterocycles. The molecule has 1 aliphatic rings. The van der Waals surface area contributed by atoms with Crippen LogP contribution < -0.4 is 0 Å². The van der Waals surface area contributed by atoms with E-state index in [0.717, 1.165) is 12.8 Å². The zero-order valence-corrected chi connectivity index (χ0v) is 13.1. The van der Waals surface area contributed by atoms with Crippen LogP contribution in [0.3, 0.4) is 0 Å². The van der Waals surface area contributed by atoms with E-state index in [-0.39, 0.29) is 16.8 Å². The molecule has 2 unspecified atom stereocenters. The summed E-state index contributed by atoms with van der Waals surface area (Å²) < 4.78 is 27.2. The number of hydrogen-bond donors (Lipinski definition) is 1. The summed E-state index contributed by atoms with van der Waals surface area (Å²) in [4.78, 5) is 0.253. The highest BCUT2D eigenvalue weighted by molar-refractivity contribution is 7.89. The van der Waals surface area contributed by atoms with Crippen molar-refractivity contribution in [3.63, 3.8) is 0 Å². The van der Waals surface area contributed by atoms with Crippen molar-refractivity contribution in [3.05, 3.63) is 11.4 Å². The molecule has 0 bridgehead atoms. The fraction of sp³-hybridized carbons (Fsp3) is 0.750. The van der Waals surface area contributed by atoms with Gasteiger partial charge in [0, 0.05) is 12.6 Å². The molecule has 0 amide bonds. The van der Waals surface area contributed by atoms with E-state index in [4.69, 9.17) is 11.6 Å². The molecule has 0 aromatic carbocycles. The minimum absolute atomic E-state index is 0.0104. The first-order chi connectivity index (χ1) is 8.89. The van der Waals surface area contributed by atoms with E-state index in [2.05, 4.69) is 17.1 Å². The van der Waals surface area contributed by atoms with Gasteiger partial charge in [-0.3, -0.25) is 5.10 Å². The van der Waals surface area contributed by atoms with E-state index in [0.29, 0.717) is 23.9 Å². The number of H-pyrrole nitrogens is 1. The molecule has 1 N–H and O–H groups in total. The van der Waals surface area contributed by atoms with Crippen LogP contribution in [0.2, 0.25) is 0 Å². The zero-order chi connectivity index (χ0) is 14.2. The molecule has 0 saturated carbocycles. The maximum absolute atomic E-state index is 12.8. The number of nitrogens with zero attached hydrogens (tertiary/aromatic N) is 2. The van der Waals surface area contributed by atoms with Gasteiger partial charge in [0.05, 0.1) is 17.3 Å². The molecular formula is C12H20ClN3O2S. The fourth-order valence-electron chi connectivity index (χ4n) is 2.66. The van der Waals surface area contributed by atoms with Gasteiger partial charge >= 0.3 is 0 Å². The maximum atomic E-state index is 12.8. The topological polar surface area (TPSA) is 66.1 Å². The van der Waals surface area contributed by atoms with Crippen LogP contribution in [0, 0.1) is 12.8 Å². The molecule has 0 spiro atoms. The Labute approximate surface area is 119 Å². The Morgan fingerprint density at radius 3 is 2.79 bits per heavy atom. The minimum atomic E-state index is -3.52. The van der Waals surface area contributed by atoms with Gasteiger partial charge in [0.25, 0.3) is 0 Å². The summed E-state index contributed by atoms with van der Waals surface area (Å²) in [5.41, 5.74) is 0.964. The lowest BCUT2D eigenvalue weighted by molar-refractivity contribution is 0.202. The van der Waals surface area contributed by atoms with Crippen LogP contribution in [0.4, 0.5) is 0 Å². The molecule has 1 fully saturated rings. The number of halogens is 1. The van der Waals surface area contributed by atoms with Gasteiger partial charge in [-0.25, -0.2) is 8.42 Å². The van der Waals surface area contributed by atoms with Crippen molar-refractivity contribution in [3.8, 4) is 0 Å². The van der Waals surface area contributed by atoms with Crippen molar-refractivity contribution in [2.24, 2.45) is 5.92 Å². The third-order valence-electron chi connectivity index (χ3n) is 3.97. The molecule has 108 valence electrons. The summed E-state index contributed by atoms with van der Waals surface area (Å²) in [6.45, 7) is 6.35. The van der Waals surface area contributed by atoms with Crippen LogP contribution >= 0.6 is 11.6 Å². The monoisotopic (exact) mass is 305 g/mol. The number of aryl methyl sites for hydroxylation is 1. The van der Waals surface area contributed by atoms with E-state index < -0.39 is 10.0 Å². The summed E-state index contributed by atoms with van der Waals surface area (Å²) in [5, 5.41) is 6.70. The summed E-state index contributed by atoms with van der Waals surface area (Å²) in [6, 6.07) is 0.0104. The highest BCUT2D eigenvalue weighted by atomic mass is 35.5. The lowest BCUT2D eigenvalue weighted by atomic mass is 9.94. The second-order valence-corrected chi connectivity index (χ2v) is 7.33. The van der Waals surface area contributed by atoms with Gasteiger partial charge in [-0.2, -0.15) is 9.40 Å². The Hall–Kier alpha value is -0.590. The van der Waals surface area contributed by atoms with Crippen molar-refractivity contribution < 1.29 is 8.42 Å². The van der Waals surface area contributed by atoms with Gasteiger partial charge in [-0.05, 0) is 32.6 Å². The van der Waals surface area contributed by atoms with E-state index >= 15 is 0 Å². The van der Waals surface area contributed by atoms with E-state index in [1.807, 2.05) is 6.92 Å². The number of sulfonamides is 1. The Morgan fingerprint density at radius 1 is 1.47 bits per heavy atom. The van der Waals surface area contributed by atoms with Crippen molar-refractivity contribution in [1.29, 1.82) is 0 Å². The third kappa shape index (κ3) is 2.53. The number of rotatable bonds is 3. The van der Waals surface area contributed by atoms with Gasteiger partial charge in [0.15, 0.2) is 0 Å². The summed E-state index contributed by atoms with van der Waals surface area (Å²) >= 11 is 5.79. The lowest BCUT2D eigenvalue weighted by Gasteiger charge is -2.36. The van der Waals surface area contributed by atoms with Gasteiger partial charge in [-0.15, -0.1) is 11.6 Å². The number of hydrogen-bond acceptors (Lipinski definition) is 3. The Bertz CT molecular complexity index is 555. The number of piperidine rings is 1. The van der Waals surface area contributed by atoms with Crippen molar-refractivity contribution >= 4 is 21.6 Å². The molecule has 2 rings (SSSR count). The fourth-order valence-corrected chi connectivity index (χ4v) is 5.03. The van der Waals surface area contributed by atoms with Crippen LogP contribution in [0.5, 0.6) is 0 Å². The van der Waals surface area contributed by atoms with E-state index in [1.165, 1.54) is 0 Å². The summed E-state index contributed by atoms with van der Waals surface area (Å²) in [6.07, 6.45) is 1.97. The second kappa shape index (κ2) is 5.42. The molecule has 2 atom stereocenters. The van der Waals surface area contributed by atoms with Crippen molar-refractivity contribution in [2.75, 3.05) is 6.54 Å². The van der Waals surface area contributed by atoms with Crippen molar-refractivity contribution in [2.45, 2.75) is 50.4 Å². The number of aromatic amines is 1. The standard InChI is InChI=1S/C12H20ClN3O2S/c1-8-5-4-6-16(10(8)3)19(17,18)12-9(2)14-15-11(12)7-13/h8,10H,4-7H2,1-3H3,(H,14,15). The van der Waals surface area contributed by atoms with E-state index in [1.54, 1.807) is 11.2 Å². The molecule has 19 heavy (non-hydrogen) atoms. The highest BCUT2D eigenvalue weighted by Crippen LogP contribution is 2.31. The predicted molar refractivity (Wildman–Crippen MR) is 74.6 cm³/mol. The predicted octanol–water partition coefficient (Wildman–Crippen LogP) is 2.27. The first-order valence-electron chi connectivity index (χ1n) is 6.51. The van der Waals surface area contributed by atoms with Gasteiger partial charge < -0.3 is 0 Å².